The molecule has 2 aromatic rings. The second kappa shape index (κ2) is 3.59. The first kappa shape index (κ1) is 9.49. The Morgan fingerprint density at radius 3 is 2.86 bits per heavy atom. The van der Waals surface area contributed by atoms with Gasteiger partial charge in [-0.05, 0) is 23.9 Å². The number of ether oxygens (including phenoxy) is 1. The van der Waals surface area contributed by atoms with Crippen molar-refractivity contribution in [3.63, 3.8) is 0 Å². The Kier molecular flexibility index (Phi) is 2.44. The highest BCUT2D eigenvalue weighted by Crippen LogP contribution is 2.36. The van der Waals surface area contributed by atoms with E-state index in [1.54, 1.807) is 18.4 Å². The van der Waals surface area contributed by atoms with E-state index >= 15 is 0 Å². The van der Waals surface area contributed by atoms with Crippen molar-refractivity contribution in [2.45, 2.75) is 13.5 Å². The molecule has 0 saturated carbocycles. The van der Waals surface area contributed by atoms with Gasteiger partial charge in [-0.1, -0.05) is 12.1 Å². The average Bonchev–Trinajstić information content (AvgIpc) is 2.55. The van der Waals surface area contributed by atoms with Gasteiger partial charge in [0.05, 0.1) is 11.8 Å². The van der Waals surface area contributed by atoms with Crippen molar-refractivity contribution in [1.82, 2.24) is 0 Å². The number of thiophene rings is 1. The minimum Gasteiger partial charge on any atom is -0.495 e. The molecular weight excluding hydrogens is 194 g/mol. The van der Waals surface area contributed by atoms with Crippen LogP contribution in [0.15, 0.2) is 18.2 Å². The van der Waals surface area contributed by atoms with Gasteiger partial charge in [-0.2, -0.15) is 0 Å². The summed E-state index contributed by atoms with van der Waals surface area (Å²) in [4.78, 5) is 1.24. The maximum absolute atomic E-state index is 5.68. The summed E-state index contributed by atoms with van der Waals surface area (Å²) in [6.45, 7) is 2.72. The maximum Gasteiger partial charge on any atom is 0.136 e. The third kappa shape index (κ3) is 1.29. The molecule has 0 atom stereocenters. The molecule has 0 bridgehead atoms. The molecule has 0 aliphatic rings. The SMILES string of the molecule is COc1cccc2c(C)c(CN)sc12. The van der Waals surface area contributed by atoms with Gasteiger partial charge in [-0.3, -0.25) is 0 Å². The van der Waals surface area contributed by atoms with E-state index in [9.17, 15) is 0 Å². The molecule has 0 fully saturated rings. The van der Waals surface area contributed by atoms with Gasteiger partial charge < -0.3 is 10.5 Å². The third-order valence-corrected chi connectivity index (χ3v) is 3.78. The molecule has 3 heteroatoms. The van der Waals surface area contributed by atoms with Crippen LogP contribution in [0, 0.1) is 6.92 Å². The first-order chi connectivity index (χ1) is 6.77. The zero-order chi connectivity index (χ0) is 10.1. The predicted molar refractivity (Wildman–Crippen MR) is 61.0 cm³/mol. The minimum absolute atomic E-state index is 0.605. The van der Waals surface area contributed by atoms with Gasteiger partial charge in [0.1, 0.15) is 5.75 Å². The van der Waals surface area contributed by atoms with Gasteiger partial charge in [0.25, 0.3) is 0 Å². The summed E-state index contributed by atoms with van der Waals surface area (Å²) in [5.41, 5.74) is 6.96. The molecule has 2 nitrogen and oxygen atoms in total. The molecule has 2 rings (SSSR count). The van der Waals surface area contributed by atoms with Crippen LogP contribution in [0.5, 0.6) is 5.75 Å². The van der Waals surface area contributed by atoms with Crippen molar-refractivity contribution in [2.75, 3.05) is 7.11 Å². The van der Waals surface area contributed by atoms with Crippen LogP contribution in [0.4, 0.5) is 0 Å². The Bertz CT molecular complexity index is 462. The van der Waals surface area contributed by atoms with Gasteiger partial charge in [0.2, 0.25) is 0 Å². The molecule has 0 unspecified atom stereocenters. The standard InChI is InChI=1S/C11H13NOS/c1-7-8-4-3-5-9(13-2)11(8)14-10(7)6-12/h3-5H,6,12H2,1-2H3. The van der Waals surface area contributed by atoms with Crippen molar-refractivity contribution < 1.29 is 4.74 Å². The summed E-state index contributed by atoms with van der Waals surface area (Å²) in [6, 6.07) is 6.11. The molecule has 0 radical (unpaired) electrons. The number of benzene rings is 1. The van der Waals surface area contributed by atoms with Crippen LogP contribution in [0.1, 0.15) is 10.4 Å². The van der Waals surface area contributed by atoms with Crippen LogP contribution in [-0.2, 0) is 6.54 Å². The number of fused-ring (bicyclic) bond motifs is 1. The smallest absolute Gasteiger partial charge is 0.136 e. The molecule has 1 heterocycles. The number of rotatable bonds is 2. The van der Waals surface area contributed by atoms with Crippen molar-refractivity contribution >= 4 is 21.4 Å². The van der Waals surface area contributed by atoms with Crippen LogP contribution in [-0.4, -0.2) is 7.11 Å². The summed E-state index contributed by atoms with van der Waals surface area (Å²) in [7, 11) is 1.70. The Hall–Kier alpha value is -1.06. The lowest BCUT2D eigenvalue weighted by atomic mass is 10.1. The molecule has 0 aliphatic heterocycles. The minimum atomic E-state index is 0.605. The van der Waals surface area contributed by atoms with E-state index in [-0.39, 0.29) is 0 Å². The van der Waals surface area contributed by atoms with Gasteiger partial charge in [-0.15, -0.1) is 11.3 Å². The van der Waals surface area contributed by atoms with E-state index in [1.165, 1.54) is 20.5 Å². The molecule has 14 heavy (non-hydrogen) atoms. The number of hydrogen-bond acceptors (Lipinski definition) is 3. The Morgan fingerprint density at radius 2 is 2.21 bits per heavy atom. The lowest BCUT2D eigenvalue weighted by Gasteiger charge is -1.99. The highest BCUT2D eigenvalue weighted by Gasteiger charge is 2.09. The summed E-state index contributed by atoms with van der Waals surface area (Å²) in [6.07, 6.45) is 0. The molecule has 0 saturated heterocycles. The molecule has 1 aromatic carbocycles. The Balaban J connectivity index is 2.77. The molecule has 74 valence electrons. The number of hydrogen-bond donors (Lipinski definition) is 1. The molecular formula is C11H13NOS. The fraction of sp³-hybridized carbons (Fsp3) is 0.273. The van der Waals surface area contributed by atoms with Crippen molar-refractivity contribution in [2.24, 2.45) is 5.73 Å². The first-order valence-corrected chi connectivity index (χ1v) is 5.34. The number of nitrogens with two attached hydrogens (primary N) is 1. The van der Waals surface area contributed by atoms with E-state index in [1.807, 2.05) is 12.1 Å². The van der Waals surface area contributed by atoms with E-state index < -0.39 is 0 Å². The van der Waals surface area contributed by atoms with Crippen molar-refractivity contribution in [3.8, 4) is 5.75 Å². The zero-order valence-electron chi connectivity index (χ0n) is 8.33. The average molecular weight is 207 g/mol. The molecule has 0 spiro atoms. The lowest BCUT2D eigenvalue weighted by molar-refractivity contribution is 0.420. The predicted octanol–water partition coefficient (Wildman–Crippen LogP) is 2.68. The van der Waals surface area contributed by atoms with E-state index in [0.717, 1.165) is 5.75 Å². The van der Waals surface area contributed by atoms with Crippen LogP contribution >= 0.6 is 11.3 Å². The molecule has 1 aromatic heterocycles. The van der Waals surface area contributed by atoms with Gasteiger partial charge in [-0.25, -0.2) is 0 Å². The normalized spacial score (nSPS) is 10.8. The Labute approximate surface area is 87.3 Å². The van der Waals surface area contributed by atoms with Gasteiger partial charge >= 0.3 is 0 Å². The van der Waals surface area contributed by atoms with Gasteiger partial charge in [0, 0.05) is 11.4 Å². The second-order valence-electron chi connectivity index (χ2n) is 3.19. The fourth-order valence-corrected chi connectivity index (χ4v) is 2.80. The highest BCUT2D eigenvalue weighted by atomic mass is 32.1. The summed E-state index contributed by atoms with van der Waals surface area (Å²) < 4.78 is 6.51. The summed E-state index contributed by atoms with van der Waals surface area (Å²) in [5.74, 6) is 0.940. The number of methoxy groups -OCH3 is 1. The number of aryl methyl sites for hydroxylation is 1. The highest BCUT2D eigenvalue weighted by molar-refractivity contribution is 7.19. The monoisotopic (exact) mass is 207 g/mol. The van der Waals surface area contributed by atoms with E-state index in [2.05, 4.69) is 13.0 Å². The van der Waals surface area contributed by atoms with Crippen LogP contribution in [0.25, 0.3) is 10.1 Å². The fourth-order valence-electron chi connectivity index (χ4n) is 1.62. The second-order valence-corrected chi connectivity index (χ2v) is 4.30. The zero-order valence-corrected chi connectivity index (χ0v) is 9.15. The topological polar surface area (TPSA) is 35.2 Å². The van der Waals surface area contributed by atoms with Crippen LogP contribution < -0.4 is 10.5 Å². The van der Waals surface area contributed by atoms with Crippen molar-refractivity contribution in [1.29, 1.82) is 0 Å². The van der Waals surface area contributed by atoms with Crippen molar-refractivity contribution in [3.05, 3.63) is 28.6 Å². The first-order valence-electron chi connectivity index (χ1n) is 4.53. The molecule has 2 N–H and O–H groups in total. The molecule has 0 aliphatic carbocycles. The summed E-state index contributed by atoms with van der Waals surface area (Å²) in [5, 5.41) is 1.26. The lowest BCUT2D eigenvalue weighted by Crippen LogP contribution is -1.93. The Morgan fingerprint density at radius 1 is 1.43 bits per heavy atom. The third-order valence-electron chi connectivity index (χ3n) is 2.43. The maximum atomic E-state index is 5.68. The summed E-state index contributed by atoms with van der Waals surface area (Å²) >= 11 is 1.73. The van der Waals surface area contributed by atoms with E-state index in [4.69, 9.17) is 10.5 Å². The quantitative estimate of drug-likeness (QED) is 0.821. The van der Waals surface area contributed by atoms with Crippen LogP contribution in [0.3, 0.4) is 0 Å². The van der Waals surface area contributed by atoms with Crippen LogP contribution in [0.2, 0.25) is 0 Å². The van der Waals surface area contributed by atoms with Gasteiger partial charge in [0.15, 0.2) is 0 Å². The largest absolute Gasteiger partial charge is 0.495 e. The molecule has 0 amide bonds. The van der Waals surface area contributed by atoms with E-state index in [0.29, 0.717) is 6.54 Å².